The van der Waals surface area contributed by atoms with Gasteiger partial charge >= 0.3 is 5.97 Å². The molecule has 0 spiro atoms. The molecular formula is C20H28O3. The van der Waals surface area contributed by atoms with Crippen molar-refractivity contribution < 1.29 is 14.6 Å². The summed E-state index contributed by atoms with van der Waals surface area (Å²) in [7, 11) is 2.36. The van der Waals surface area contributed by atoms with Crippen LogP contribution in [0.2, 0.25) is 0 Å². The fraction of sp³-hybridized carbons (Fsp3) is 0.250. The van der Waals surface area contributed by atoms with Gasteiger partial charge in [0.2, 0.25) is 0 Å². The van der Waals surface area contributed by atoms with E-state index in [2.05, 4.69) is 11.3 Å². The quantitative estimate of drug-likeness (QED) is 0.488. The number of hydrogen-bond donors (Lipinski definition) is 1. The third kappa shape index (κ3) is 10.0. The summed E-state index contributed by atoms with van der Waals surface area (Å²) >= 11 is 0. The molecule has 0 saturated heterocycles. The smallest absolute Gasteiger partial charge is 0.330 e. The summed E-state index contributed by atoms with van der Waals surface area (Å²) in [5.74, 6) is -0.355. The lowest BCUT2D eigenvalue weighted by Crippen LogP contribution is -1.93. The second-order valence-corrected chi connectivity index (χ2v) is 3.82. The van der Waals surface area contributed by atoms with Crippen LogP contribution in [0.1, 0.15) is 31.9 Å². The van der Waals surface area contributed by atoms with E-state index in [4.69, 9.17) is 5.11 Å². The Morgan fingerprint density at radius 1 is 1.13 bits per heavy atom. The molecule has 0 aliphatic heterocycles. The minimum atomic E-state index is -0.355. The van der Waals surface area contributed by atoms with Crippen LogP contribution in [-0.2, 0) is 9.53 Å². The molecule has 0 atom stereocenters. The highest BCUT2D eigenvalue weighted by molar-refractivity contribution is 5.87. The number of hydrogen-bond acceptors (Lipinski definition) is 3. The Labute approximate surface area is 140 Å². The standard InChI is InChI=1S/C17H18O2.C2H6.CH4O/c1-4-6-7-15(5-2)16-11-8-14(9-12-16)10-13-17(18)19-3;2*1-2/h4-13H,1H2,2-3H3;1-2H3;2H,1H3/b7-6-,13-10+,15-5+;;. The second-order valence-electron chi connectivity index (χ2n) is 3.82. The number of benzene rings is 1. The second kappa shape index (κ2) is 16.0. The van der Waals surface area contributed by atoms with Gasteiger partial charge < -0.3 is 9.84 Å². The van der Waals surface area contributed by atoms with Crippen molar-refractivity contribution in [3.63, 3.8) is 0 Å². The van der Waals surface area contributed by atoms with Gasteiger partial charge in [0.05, 0.1) is 7.11 Å². The Balaban J connectivity index is 0. The number of aliphatic hydroxyl groups excluding tert-OH is 1. The normalized spacial score (nSPS) is 10.4. The first-order valence-corrected chi connectivity index (χ1v) is 7.48. The molecule has 0 fully saturated rings. The summed E-state index contributed by atoms with van der Waals surface area (Å²) in [6.07, 6.45) is 10.8. The third-order valence-electron chi connectivity index (χ3n) is 2.58. The zero-order chi connectivity index (χ0) is 18.1. The molecule has 0 radical (unpaired) electrons. The molecule has 1 N–H and O–H groups in total. The van der Waals surface area contributed by atoms with Gasteiger partial charge in [0.25, 0.3) is 0 Å². The van der Waals surface area contributed by atoms with Gasteiger partial charge in [-0.1, -0.05) is 69.0 Å². The van der Waals surface area contributed by atoms with E-state index in [0.717, 1.165) is 23.8 Å². The third-order valence-corrected chi connectivity index (χ3v) is 2.58. The first-order valence-electron chi connectivity index (χ1n) is 7.48. The Bertz CT molecular complexity index is 520. The van der Waals surface area contributed by atoms with Crippen LogP contribution in [-0.4, -0.2) is 25.3 Å². The SMILES string of the molecule is C=C/C=C\C(=C/C)c1ccc(/C=C/C(=O)OC)cc1.CC.CO. The molecule has 126 valence electrons. The van der Waals surface area contributed by atoms with Crippen LogP contribution in [0.15, 0.2) is 61.2 Å². The van der Waals surface area contributed by atoms with E-state index in [1.165, 1.54) is 13.2 Å². The average molecular weight is 316 g/mol. The molecule has 3 heteroatoms. The summed E-state index contributed by atoms with van der Waals surface area (Å²) in [5.41, 5.74) is 3.21. The van der Waals surface area contributed by atoms with E-state index in [0.29, 0.717) is 0 Å². The van der Waals surface area contributed by atoms with Crippen molar-refractivity contribution in [3.05, 3.63) is 72.4 Å². The first-order chi connectivity index (χ1) is 11.2. The monoisotopic (exact) mass is 316 g/mol. The van der Waals surface area contributed by atoms with Gasteiger partial charge in [0.15, 0.2) is 0 Å². The van der Waals surface area contributed by atoms with Gasteiger partial charge in [0, 0.05) is 13.2 Å². The van der Waals surface area contributed by atoms with Crippen LogP contribution < -0.4 is 0 Å². The maximum absolute atomic E-state index is 11.0. The number of carbonyl (C=O) groups is 1. The lowest BCUT2D eigenvalue weighted by Gasteiger charge is -2.02. The molecule has 1 aromatic rings. The van der Waals surface area contributed by atoms with Gasteiger partial charge in [-0.05, 0) is 29.7 Å². The summed E-state index contributed by atoms with van der Waals surface area (Å²) in [6.45, 7) is 9.65. The van der Waals surface area contributed by atoms with E-state index in [1.54, 1.807) is 12.2 Å². The summed E-state index contributed by atoms with van der Waals surface area (Å²) in [6, 6.07) is 7.94. The van der Waals surface area contributed by atoms with Crippen molar-refractivity contribution >= 4 is 17.6 Å². The molecule has 0 saturated carbocycles. The Kier molecular flexibility index (Phi) is 15.9. The Morgan fingerprint density at radius 2 is 1.70 bits per heavy atom. The maximum atomic E-state index is 11.0. The van der Waals surface area contributed by atoms with Crippen molar-refractivity contribution in [2.24, 2.45) is 0 Å². The van der Waals surface area contributed by atoms with E-state index in [1.807, 2.05) is 63.3 Å². The van der Waals surface area contributed by atoms with Crippen molar-refractivity contribution in [3.8, 4) is 0 Å². The molecule has 0 unspecified atom stereocenters. The lowest BCUT2D eigenvalue weighted by atomic mass is 10.0. The molecule has 1 aromatic carbocycles. The van der Waals surface area contributed by atoms with E-state index in [-0.39, 0.29) is 5.97 Å². The highest BCUT2D eigenvalue weighted by Crippen LogP contribution is 2.17. The lowest BCUT2D eigenvalue weighted by molar-refractivity contribution is -0.134. The van der Waals surface area contributed by atoms with Crippen LogP contribution in [0.3, 0.4) is 0 Å². The fourth-order valence-corrected chi connectivity index (χ4v) is 1.55. The van der Waals surface area contributed by atoms with Crippen molar-refractivity contribution in [2.75, 3.05) is 14.2 Å². The summed E-state index contributed by atoms with van der Waals surface area (Å²) in [4.78, 5) is 11.0. The van der Waals surface area contributed by atoms with Gasteiger partial charge in [-0.15, -0.1) is 0 Å². The molecule has 23 heavy (non-hydrogen) atoms. The van der Waals surface area contributed by atoms with Crippen molar-refractivity contribution in [1.82, 2.24) is 0 Å². The number of aliphatic hydroxyl groups is 1. The maximum Gasteiger partial charge on any atom is 0.330 e. The van der Waals surface area contributed by atoms with E-state index >= 15 is 0 Å². The zero-order valence-electron chi connectivity index (χ0n) is 14.7. The van der Waals surface area contributed by atoms with Crippen LogP contribution in [0, 0.1) is 0 Å². The highest BCUT2D eigenvalue weighted by atomic mass is 16.5. The number of rotatable bonds is 5. The summed E-state index contributed by atoms with van der Waals surface area (Å²) < 4.78 is 4.54. The molecular weight excluding hydrogens is 288 g/mol. The van der Waals surface area contributed by atoms with E-state index in [9.17, 15) is 4.79 Å². The molecule has 0 bridgehead atoms. The number of carbonyl (C=O) groups excluding carboxylic acids is 1. The molecule has 3 nitrogen and oxygen atoms in total. The minimum Gasteiger partial charge on any atom is -0.466 e. The average Bonchev–Trinajstić information content (AvgIpc) is 2.64. The van der Waals surface area contributed by atoms with Gasteiger partial charge in [-0.25, -0.2) is 4.79 Å². The van der Waals surface area contributed by atoms with Gasteiger partial charge in [-0.3, -0.25) is 0 Å². The molecule has 0 aromatic heterocycles. The number of allylic oxidation sites excluding steroid dienone is 5. The highest BCUT2D eigenvalue weighted by Gasteiger charge is 1.97. The van der Waals surface area contributed by atoms with Crippen LogP contribution in [0.4, 0.5) is 0 Å². The van der Waals surface area contributed by atoms with Crippen LogP contribution >= 0.6 is 0 Å². The van der Waals surface area contributed by atoms with Gasteiger partial charge in [0.1, 0.15) is 0 Å². The van der Waals surface area contributed by atoms with Crippen LogP contribution in [0.5, 0.6) is 0 Å². The van der Waals surface area contributed by atoms with Crippen LogP contribution in [0.25, 0.3) is 11.6 Å². The van der Waals surface area contributed by atoms with E-state index < -0.39 is 0 Å². The molecule has 0 amide bonds. The molecule has 0 heterocycles. The number of ether oxygens (including phenoxy) is 1. The first kappa shape index (κ1) is 22.9. The Hall–Kier alpha value is -2.39. The predicted octanol–water partition coefficient (Wildman–Crippen LogP) is 4.65. The number of methoxy groups -OCH3 is 1. The Morgan fingerprint density at radius 3 is 2.13 bits per heavy atom. The largest absolute Gasteiger partial charge is 0.466 e. The van der Waals surface area contributed by atoms with Crippen molar-refractivity contribution in [1.29, 1.82) is 0 Å². The van der Waals surface area contributed by atoms with Crippen molar-refractivity contribution in [2.45, 2.75) is 20.8 Å². The minimum absolute atomic E-state index is 0.355. The number of esters is 1. The fourth-order valence-electron chi connectivity index (χ4n) is 1.55. The van der Waals surface area contributed by atoms with Gasteiger partial charge in [-0.2, -0.15) is 0 Å². The summed E-state index contributed by atoms with van der Waals surface area (Å²) in [5, 5.41) is 7.00. The zero-order valence-corrected chi connectivity index (χ0v) is 14.7. The topological polar surface area (TPSA) is 46.5 Å². The molecule has 0 aliphatic rings. The predicted molar refractivity (Wildman–Crippen MR) is 100.0 cm³/mol. The molecule has 0 aliphatic carbocycles. The molecule has 1 rings (SSSR count).